The van der Waals surface area contributed by atoms with Crippen LogP contribution in [0.15, 0.2) is 41.8 Å². The van der Waals surface area contributed by atoms with Crippen molar-refractivity contribution in [2.75, 3.05) is 19.7 Å². The van der Waals surface area contributed by atoms with Gasteiger partial charge in [0.1, 0.15) is 17.4 Å². The van der Waals surface area contributed by atoms with Crippen molar-refractivity contribution in [2.24, 2.45) is 0 Å². The average Bonchev–Trinajstić information content (AvgIpc) is 3.54. The normalized spacial score (nSPS) is 18.5. The van der Waals surface area contributed by atoms with Crippen LogP contribution in [0.5, 0.6) is 5.88 Å². The van der Waals surface area contributed by atoms with Crippen LogP contribution >= 0.6 is 11.3 Å². The van der Waals surface area contributed by atoms with Gasteiger partial charge in [-0.05, 0) is 56.6 Å². The van der Waals surface area contributed by atoms with Gasteiger partial charge in [-0.15, -0.1) is 11.3 Å². The molecule has 6 rings (SSSR count). The summed E-state index contributed by atoms with van der Waals surface area (Å²) in [6, 6.07) is 10.5. The van der Waals surface area contributed by atoms with Gasteiger partial charge in [0.15, 0.2) is 5.69 Å². The number of thiazole rings is 1. The first-order valence-electron chi connectivity index (χ1n) is 13.4. The molecular weight excluding hydrogens is 559 g/mol. The molecule has 2 aliphatic heterocycles. The molecular formula is C28H28F3N5O4S. The number of aromatic carboxylic acids is 1. The maximum atomic E-state index is 12.8. The van der Waals surface area contributed by atoms with Gasteiger partial charge in [-0.25, -0.2) is 19.7 Å². The van der Waals surface area contributed by atoms with Gasteiger partial charge < -0.3 is 19.1 Å². The molecule has 0 unspecified atom stereocenters. The van der Waals surface area contributed by atoms with Crippen molar-refractivity contribution >= 4 is 28.3 Å². The SMILES string of the molecule is O=C(O)c1ccc2nc(CN3CCC(c4cccc(OCc5nc(C(F)(F)F)cs5)n4)CC3)n(C[C@@H]3CCO3)c2c1. The smallest absolute Gasteiger partial charge is 0.434 e. The summed E-state index contributed by atoms with van der Waals surface area (Å²) >= 11 is 0.911. The molecule has 1 aromatic carbocycles. The predicted molar refractivity (Wildman–Crippen MR) is 144 cm³/mol. The van der Waals surface area contributed by atoms with E-state index in [0.29, 0.717) is 19.0 Å². The lowest BCUT2D eigenvalue weighted by Gasteiger charge is -2.32. The number of halogens is 3. The van der Waals surface area contributed by atoms with Crippen LogP contribution < -0.4 is 4.74 Å². The number of carbonyl (C=O) groups is 1. The van der Waals surface area contributed by atoms with Crippen LogP contribution in [0.25, 0.3) is 11.0 Å². The number of piperidine rings is 1. The molecule has 216 valence electrons. The van der Waals surface area contributed by atoms with Crippen molar-refractivity contribution in [1.29, 1.82) is 0 Å². The quantitative estimate of drug-likeness (QED) is 0.280. The Labute approximate surface area is 237 Å². The summed E-state index contributed by atoms with van der Waals surface area (Å²) in [4.78, 5) is 27.0. The van der Waals surface area contributed by atoms with Crippen LogP contribution in [0.2, 0.25) is 0 Å². The molecule has 0 spiro atoms. The fourth-order valence-corrected chi connectivity index (χ4v) is 5.94. The Balaban J connectivity index is 1.09. The molecule has 1 atom stereocenters. The van der Waals surface area contributed by atoms with Gasteiger partial charge in [0, 0.05) is 29.7 Å². The summed E-state index contributed by atoms with van der Waals surface area (Å²) in [5.41, 5.74) is 1.79. The summed E-state index contributed by atoms with van der Waals surface area (Å²) in [5.74, 6) is 0.513. The van der Waals surface area contributed by atoms with E-state index in [1.165, 1.54) is 0 Å². The molecule has 2 fully saturated rings. The van der Waals surface area contributed by atoms with Crippen molar-refractivity contribution in [3.63, 3.8) is 0 Å². The number of hydrogen-bond acceptors (Lipinski definition) is 8. The molecule has 1 N–H and O–H groups in total. The third-order valence-electron chi connectivity index (χ3n) is 7.56. The van der Waals surface area contributed by atoms with E-state index in [9.17, 15) is 23.1 Å². The lowest BCUT2D eigenvalue weighted by Crippen LogP contribution is -2.35. The zero-order valence-electron chi connectivity index (χ0n) is 22.0. The second kappa shape index (κ2) is 11.4. The number of nitrogens with zero attached hydrogens (tertiary/aromatic N) is 5. The van der Waals surface area contributed by atoms with Gasteiger partial charge in [-0.2, -0.15) is 13.2 Å². The number of likely N-dealkylation sites (tertiary alicyclic amines) is 1. The van der Waals surface area contributed by atoms with E-state index in [1.807, 2.05) is 12.1 Å². The zero-order valence-corrected chi connectivity index (χ0v) is 22.8. The maximum Gasteiger partial charge on any atom is 0.434 e. The topological polar surface area (TPSA) is 103 Å². The number of pyridine rings is 1. The summed E-state index contributed by atoms with van der Waals surface area (Å²) in [6.07, 6.45) is -1.63. The number of fused-ring (bicyclic) bond motifs is 1. The van der Waals surface area contributed by atoms with Crippen LogP contribution in [0.3, 0.4) is 0 Å². The maximum absolute atomic E-state index is 12.8. The molecule has 9 nitrogen and oxygen atoms in total. The standard InChI is InChI=1S/C28H28F3N5O4S/c29-28(30,31)23-16-41-26(34-23)15-40-25-3-1-2-20(33-25)17-6-9-35(10-7-17)14-24-32-21-5-4-18(27(37)38)12-22(21)36(24)13-19-8-11-39-19/h1-5,12,16-17,19H,6-11,13-15H2,(H,37,38)/t19-/m0/s1. The van der Waals surface area contributed by atoms with E-state index in [1.54, 1.807) is 24.3 Å². The third kappa shape index (κ3) is 6.21. The fourth-order valence-electron chi connectivity index (χ4n) is 5.23. The molecule has 5 heterocycles. The highest BCUT2D eigenvalue weighted by Crippen LogP contribution is 2.32. The second-order valence-electron chi connectivity index (χ2n) is 10.3. The Kier molecular flexibility index (Phi) is 7.66. The van der Waals surface area contributed by atoms with E-state index in [-0.39, 0.29) is 29.2 Å². The largest absolute Gasteiger partial charge is 0.478 e. The Morgan fingerprint density at radius 1 is 1.12 bits per heavy atom. The Morgan fingerprint density at radius 2 is 1.93 bits per heavy atom. The minimum atomic E-state index is -4.47. The van der Waals surface area contributed by atoms with E-state index in [2.05, 4.69) is 19.4 Å². The van der Waals surface area contributed by atoms with Gasteiger partial charge in [-0.3, -0.25) is 4.90 Å². The Bertz CT molecular complexity index is 1540. The first kappa shape index (κ1) is 27.6. The van der Waals surface area contributed by atoms with Gasteiger partial charge in [0.05, 0.1) is 35.8 Å². The Hall–Kier alpha value is -3.55. The third-order valence-corrected chi connectivity index (χ3v) is 8.38. The fraction of sp³-hybridized carbons (Fsp3) is 0.429. The molecule has 0 bridgehead atoms. The molecule has 0 radical (unpaired) electrons. The number of benzene rings is 1. The molecule has 2 aliphatic rings. The molecule has 41 heavy (non-hydrogen) atoms. The second-order valence-corrected chi connectivity index (χ2v) is 11.2. The minimum absolute atomic E-state index is 0.0729. The molecule has 0 amide bonds. The van der Waals surface area contributed by atoms with E-state index < -0.39 is 17.8 Å². The summed E-state index contributed by atoms with van der Waals surface area (Å²) in [6.45, 7) is 3.61. The van der Waals surface area contributed by atoms with E-state index in [4.69, 9.17) is 14.5 Å². The number of ether oxygens (including phenoxy) is 2. The Morgan fingerprint density at radius 3 is 2.61 bits per heavy atom. The summed E-state index contributed by atoms with van der Waals surface area (Å²) in [5, 5.41) is 10.7. The molecule has 13 heteroatoms. The summed E-state index contributed by atoms with van der Waals surface area (Å²) in [7, 11) is 0. The zero-order chi connectivity index (χ0) is 28.6. The monoisotopic (exact) mass is 587 g/mol. The molecule has 0 saturated carbocycles. The number of rotatable bonds is 9. The molecule has 3 aromatic heterocycles. The highest BCUT2D eigenvalue weighted by Gasteiger charge is 2.33. The number of carboxylic acid groups (broad SMARTS) is 1. The molecule has 0 aliphatic carbocycles. The first-order chi connectivity index (χ1) is 19.7. The number of carboxylic acids is 1. The number of imidazole rings is 1. The number of hydrogen-bond donors (Lipinski definition) is 1. The van der Waals surface area contributed by atoms with Crippen LogP contribution in [-0.4, -0.2) is 61.3 Å². The van der Waals surface area contributed by atoms with Crippen molar-refractivity contribution in [3.8, 4) is 5.88 Å². The predicted octanol–water partition coefficient (Wildman–Crippen LogP) is 5.35. The van der Waals surface area contributed by atoms with Crippen LogP contribution in [0.1, 0.15) is 57.8 Å². The van der Waals surface area contributed by atoms with Crippen molar-refractivity contribution < 1.29 is 32.5 Å². The lowest BCUT2D eigenvalue weighted by molar-refractivity contribution is -0.140. The van der Waals surface area contributed by atoms with Crippen molar-refractivity contribution in [1.82, 2.24) is 24.4 Å². The van der Waals surface area contributed by atoms with Gasteiger partial charge in [-0.1, -0.05) is 6.07 Å². The number of aromatic nitrogens is 4. The van der Waals surface area contributed by atoms with E-state index >= 15 is 0 Å². The average molecular weight is 588 g/mol. The van der Waals surface area contributed by atoms with E-state index in [0.717, 1.165) is 78.2 Å². The number of alkyl halides is 3. The molecule has 2 saturated heterocycles. The van der Waals surface area contributed by atoms with Gasteiger partial charge >= 0.3 is 12.1 Å². The molecule has 4 aromatic rings. The highest BCUT2D eigenvalue weighted by atomic mass is 32.1. The van der Waals surface area contributed by atoms with Crippen LogP contribution in [0, 0.1) is 0 Å². The first-order valence-corrected chi connectivity index (χ1v) is 14.3. The van der Waals surface area contributed by atoms with Crippen molar-refractivity contribution in [3.05, 3.63) is 69.6 Å². The van der Waals surface area contributed by atoms with Gasteiger partial charge in [0.2, 0.25) is 5.88 Å². The van der Waals surface area contributed by atoms with Gasteiger partial charge in [0.25, 0.3) is 0 Å². The summed E-state index contributed by atoms with van der Waals surface area (Å²) < 4.78 is 51.8. The van der Waals surface area contributed by atoms with Crippen molar-refractivity contribution in [2.45, 2.75) is 57.2 Å². The highest BCUT2D eigenvalue weighted by molar-refractivity contribution is 7.09. The minimum Gasteiger partial charge on any atom is -0.478 e. The lowest BCUT2D eigenvalue weighted by atomic mass is 9.93. The van der Waals surface area contributed by atoms with Crippen LogP contribution in [-0.2, 0) is 30.6 Å². The van der Waals surface area contributed by atoms with Crippen LogP contribution in [0.4, 0.5) is 13.2 Å².